The van der Waals surface area contributed by atoms with E-state index < -0.39 is 6.29 Å². The van der Waals surface area contributed by atoms with E-state index in [1.807, 2.05) is 84.9 Å². The lowest BCUT2D eigenvalue weighted by Crippen LogP contribution is -2.41. The van der Waals surface area contributed by atoms with Crippen LogP contribution in [0.15, 0.2) is 127 Å². The zero-order valence-electron chi connectivity index (χ0n) is 28.7. The van der Waals surface area contributed by atoms with Crippen molar-refractivity contribution in [1.29, 1.82) is 0 Å². The Morgan fingerprint density at radius 2 is 1.45 bits per heavy atom. The van der Waals surface area contributed by atoms with Crippen molar-refractivity contribution in [1.82, 2.24) is 10.2 Å². The monoisotopic (exact) mass is 683 g/mol. The first kappa shape index (κ1) is 34.5. The normalized spacial score (nSPS) is 19.3. The van der Waals surface area contributed by atoms with E-state index >= 15 is 0 Å². The van der Waals surface area contributed by atoms with Crippen molar-refractivity contribution in [2.75, 3.05) is 25.0 Å². The molecule has 3 N–H and O–H groups in total. The summed E-state index contributed by atoms with van der Waals surface area (Å²) in [6.45, 7) is 3.51. The highest BCUT2D eigenvalue weighted by molar-refractivity contribution is 5.89. The van der Waals surface area contributed by atoms with E-state index in [9.17, 15) is 9.90 Å². The maximum absolute atomic E-state index is 12.8. The molecule has 2 fully saturated rings. The number of benzene rings is 5. The van der Waals surface area contributed by atoms with Crippen molar-refractivity contribution < 1.29 is 24.1 Å². The largest absolute Gasteiger partial charge is 0.457 e. The lowest BCUT2D eigenvalue weighted by Gasteiger charge is -2.39. The Kier molecular flexibility index (Phi) is 11.4. The Hall–Kier alpha value is -4.99. The molecule has 0 aliphatic carbocycles. The van der Waals surface area contributed by atoms with Gasteiger partial charge in [-0.25, -0.2) is 4.79 Å². The highest BCUT2D eigenvalue weighted by Gasteiger charge is 2.33. The number of hydrogen-bond acceptors (Lipinski definition) is 6. The van der Waals surface area contributed by atoms with Crippen LogP contribution in [0.25, 0.3) is 11.1 Å². The first-order valence-corrected chi connectivity index (χ1v) is 17.9. The van der Waals surface area contributed by atoms with Gasteiger partial charge in [0.1, 0.15) is 11.5 Å². The summed E-state index contributed by atoms with van der Waals surface area (Å²) in [6, 6.07) is 41.2. The number of likely N-dealkylation sites (tertiary alicyclic amines) is 1. The van der Waals surface area contributed by atoms with Crippen molar-refractivity contribution in [3.05, 3.63) is 150 Å². The minimum absolute atomic E-state index is 0.0207. The predicted octanol–water partition coefficient (Wildman–Crippen LogP) is 8.99. The Labute approximate surface area is 300 Å². The Morgan fingerprint density at radius 1 is 0.725 bits per heavy atom. The topological polar surface area (TPSA) is 92.3 Å². The second-order valence-corrected chi connectivity index (χ2v) is 13.3. The molecule has 5 aromatic carbocycles. The number of aliphatic hydroxyl groups is 1. The van der Waals surface area contributed by atoms with Crippen LogP contribution in [0, 0.1) is 0 Å². The molecule has 0 unspecified atom stereocenters. The van der Waals surface area contributed by atoms with Crippen LogP contribution in [0.3, 0.4) is 0 Å². The number of carbonyl (C=O) groups excluding carboxylic acids is 1. The number of piperidine rings is 1. The number of nitrogens with zero attached hydrogens (tertiary/aromatic N) is 1. The number of aliphatic hydroxyl groups excluding tert-OH is 1. The molecular formula is C43H45N3O5. The molecule has 8 heteroatoms. The first-order valence-electron chi connectivity index (χ1n) is 17.9. The average Bonchev–Trinajstić information content (AvgIpc) is 3.19. The van der Waals surface area contributed by atoms with Gasteiger partial charge in [0.05, 0.1) is 18.8 Å². The van der Waals surface area contributed by atoms with Gasteiger partial charge in [0.15, 0.2) is 6.29 Å². The molecule has 8 nitrogen and oxygen atoms in total. The Balaban J connectivity index is 0.996. The first-order chi connectivity index (χ1) is 25.1. The van der Waals surface area contributed by atoms with E-state index in [0.717, 1.165) is 65.2 Å². The van der Waals surface area contributed by atoms with E-state index in [4.69, 9.17) is 14.2 Å². The number of carbonyl (C=O) groups is 1. The van der Waals surface area contributed by atoms with E-state index in [1.165, 1.54) is 19.3 Å². The van der Waals surface area contributed by atoms with Gasteiger partial charge >= 0.3 is 6.03 Å². The van der Waals surface area contributed by atoms with Crippen molar-refractivity contribution in [2.24, 2.45) is 0 Å². The van der Waals surface area contributed by atoms with Gasteiger partial charge in [-0.1, -0.05) is 85.3 Å². The van der Waals surface area contributed by atoms with Crippen LogP contribution < -0.4 is 15.4 Å². The summed E-state index contributed by atoms with van der Waals surface area (Å²) in [5.74, 6) is 1.45. The average molecular weight is 684 g/mol. The van der Waals surface area contributed by atoms with Gasteiger partial charge in [-0.05, 0) is 102 Å². The minimum Gasteiger partial charge on any atom is -0.457 e. The third-order valence-corrected chi connectivity index (χ3v) is 9.49. The molecular weight excluding hydrogens is 638 g/mol. The lowest BCUT2D eigenvalue weighted by molar-refractivity contribution is -0.253. The molecule has 5 aromatic rings. The summed E-state index contributed by atoms with van der Waals surface area (Å²) in [7, 11) is 0. The number of ether oxygens (including phenoxy) is 3. The minimum atomic E-state index is -0.511. The van der Waals surface area contributed by atoms with Gasteiger partial charge in [0.25, 0.3) is 0 Å². The van der Waals surface area contributed by atoms with Crippen molar-refractivity contribution in [2.45, 2.75) is 57.3 Å². The van der Waals surface area contributed by atoms with Crippen LogP contribution in [0.1, 0.15) is 60.3 Å². The number of nitrogens with one attached hydrogen (secondary N) is 2. The van der Waals surface area contributed by atoms with Crippen molar-refractivity contribution >= 4 is 11.7 Å². The molecule has 0 spiro atoms. The molecule has 2 saturated heterocycles. The van der Waals surface area contributed by atoms with Crippen LogP contribution in [-0.4, -0.2) is 41.8 Å². The quantitative estimate of drug-likeness (QED) is 0.129. The van der Waals surface area contributed by atoms with Crippen LogP contribution in [-0.2, 0) is 22.6 Å². The fourth-order valence-corrected chi connectivity index (χ4v) is 6.78. The van der Waals surface area contributed by atoms with Gasteiger partial charge < -0.3 is 34.9 Å². The molecule has 0 aromatic heterocycles. The molecule has 7 rings (SSSR count). The van der Waals surface area contributed by atoms with E-state index in [2.05, 4.69) is 58.0 Å². The molecule has 2 amide bonds. The smallest absolute Gasteiger partial charge is 0.319 e. The molecule has 51 heavy (non-hydrogen) atoms. The second-order valence-electron chi connectivity index (χ2n) is 13.3. The molecule has 2 aliphatic rings. The number of para-hydroxylation sites is 1. The zero-order chi connectivity index (χ0) is 34.8. The summed E-state index contributed by atoms with van der Waals surface area (Å²) in [4.78, 5) is 15.3. The zero-order valence-corrected chi connectivity index (χ0v) is 28.7. The number of urea groups is 1. The molecule has 262 valence electrons. The summed E-state index contributed by atoms with van der Waals surface area (Å²) < 4.78 is 19.2. The summed E-state index contributed by atoms with van der Waals surface area (Å²) in [5, 5.41) is 15.4. The van der Waals surface area contributed by atoms with E-state index in [1.54, 1.807) is 0 Å². The third-order valence-electron chi connectivity index (χ3n) is 9.49. The maximum atomic E-state index is 12.8. The SMILES string of the molecule is O=C(NCc1cccc(-c2cccc([C@@H]3O[C@H](CN4CCCCC4)C[C@H](c4ccc(CO)cc4)O3)c2)c1)Nc1ccc(Oc2ccccc2)cc1. The number of amides is 2. The highest BCUT2D eigenvalue weighted by atomic mass is 16.7. The lowest BCUT2D eigenvalue weighted by atomic mass is 9.98. The number of rotatable bonds is 11. The maximum Gasteiger partial charge on any atom is 0.319 e. The predicted molar refractivity (Wildman–Crippen MR) is 199 cm³/mol. The van der Waals surface area contributed by atoms with Crippen LogP contribution >= 0.6 is 0 Å². The van der Waals surface area contributed by atoms with E-state index in [-0.39, 0.29) is 24.8 Å². The molecule has 0 radical (unpaired) electrons. The van der Waals surface area contributed by atoms with Crippen molar-refractivity contribution in [3.63, 3.8) is 0 Å². The van der Waals surface area contributed by atoms with Gasteiger partial charge in [0, 0.05) is 30.8 Å². The standard InChI is InChI=1S/C43H45N3O5/c47-30-31-15-17-33(18-16-31)41-27-40(29-46-23-5-2-6-24-46)50-42(51-41)36-12-8-11-35(26-36)34-10-7-9-32(25-34)28-44-43(48)45-37-19-21-39(22-20-37)49-38-13-3-1-4-14-38/h1,3-4,7-22,25-26,40-42,47H,2,5-6,23-24,27-30H2,(H2,44,45,48)/t40-,41+,42+/m0/s1. The van der Waals surface area contributed by atoms with Gasteiger partial charge in [-0.3, -0.25) is 0 Å². The summed E-state index contributed by atoms with van der Waals surface area (Å²) in [6.07, 6.45) is 3.96. The van der Waals surface area contributed by atoms with Gasteiger partial charge in [-0.2, -0.15) is 0 Å². The van der Waals surface area contributed by atoms with Gasteiger partial charge in [-0.15, -0.1) is 0 Å². The second kappa shape index (κ2) is 16.8. The summed E-state index contributed by atoms with van der Waals surface area (Å²) in [5.41, 5.74) is 6.70. The molecule has 0 saturated carbocycles. The molecule has 0 bridgehead atoms. The molecule has 3 atom stereocenters. The van der Waals surface area contributed by atoms with Crippen LogP contribution in [0.4, 0.5) is 10.5 Å². The Bertz CT molecular complexity index is 1860. The van der Waals surface area contributed by atoms with Gasteiger partial charge in [0.2, 0.25) is 0 Å². The Morgan fingerprint density at radius 3 is 2.22 bits per heavy atom. The third kappa shape index (κ3) is 9.42. The fourth-order valence-electron chi connectivity index (χ4n) is 6.78. The fraction of sp³-hybridized carbons (Fsp3) is 0.279. The van der Waals surface area contributed by atoms with Crippen LogP contribution in [0.5, 0.6) is 11.5 Å². The molecule has 2 heterocycles. The van der Waals surface area contributed by atoms with E-state index in [0.29, 0.717) is 18.0 Å². The van der Waals surface area contributed by atoms with Crippen molar-refractivity contribution in [3.8, 4) is 22.6 Å². The number of anilines is 1. The van der Waals surface area contributed by atoms with Crippen LogP contribution in [0.2, 0.25) is 0 Å². The molecule has 2 aliphatic heterocycles. The highest BCUT2D eigenvalue weighted by Crippen LogP contribution is 2.39. The summed E-state index contributed by atoms with van der Waals surface area (Å²) >= 11 is 0. The number of hydrogen-bond donors (Lipinski definition) is 3.